The minimum Gasteiger partial charge on any atom is -0.338 e. The smallest absolute Gasteiger partial charge is 0.227 e. The maximum atomic E-state index is 12.8. The summed E-state index contributed by atoms with van der Waals surface area (Å²) in [7, 11) is 1.96. The van der Waals surface area contributed by atoms with Gasteiger partial charge in [0.1, 0.15) is 0 Å². The normalized spacial score (nSPS) is 24.4. The molecule has 2 atom stereocenters. The molecule has 3 nitrogen and oxygen atoms in total. The highest BCUT2D eigenvalue weighted by Gasteiger charge is 2.39. The largest absolute Gasteiger partial charge is 0.338 e. The summed E-state index contributed by atoms with van der Waals surface area (Å²) in [4.78, 5) is 18.5. The minimum atomic E-state index is 0.133. The molecule has 0 spiro atoms. The second-order valence-electron chi connectivity index (χ2n) is 7.48. The highest BCUT2D eigenvalue weighted by molar-refractivity contribution is 7.10. The lowest BCUT2D eigenvalue weighted by Crippen LogP contribution is -2.36. The zero-order valence-corrected chi connectivity index (χ0v) is 16.7. The summed E-state index contributed by atoms with van der Waals surface area (Å²) in [5.41, 5.74) is 2.21. The molecule has 2 saturated heterocycles. The average Bonchev–Trinajstić information content (AvgIpc) is 3.24. The van der Waals surface area contributed by atoms with Gasteiger partial charge in [-0.3, -0.25) is 4.79 Å². The van der Waals surface area contributed by atoms with Crippen LogP contribution in [0.15, 0.2) is 35.7 Å². The number of hydrogen-bond donors (Lipinski definition) is 0. The van der Waals surface area contributed by atoms with Crippen LogP contribution in [-0.2, 0) is 4.79 Å². The maximum Gasteiger partial charge on any atom is 0.227 e. The van der Waals surface area contributed by atoms with Crippen molar-refractivity contribution in [3.05, 3.63) is 45.6 Å². The molecule has 1 amide bonds. The molecule has 2 unspecified atom stereocenters. The molecule has 1 aromatic carbocycles. The lowest BCUT2D eigenvalue weighted by atomic mass is 10.0. The predicted molar refractivity (Wildman–Crippen MR) is 109 cm³/mol. The Labute approximate surface area is 164 Å². The van der Waals surface area contributed by atoms with Crippen molar-refractivity contribution in [2.75, 3.05) is 26.7 Å². The zero-order valence-electron chi connectivity index (χ0n) is 15.2. The first-order valence-electron chi connectivity index (χ1n) is 9.46. The minimum absolute atomic E-state index is 0.133. The van der Waals surface area contributed by atoms with E-state index in [1.54, 1.807) is 11.3 Å². The van der Waals surface area contributed by atoms with Crippen molar-refractivity contribution < 1.29 is 4.79 Å². The SMILES string of the molecule is CN1C(=O)C(CN2CCCCC2)CC1c1cc(-c2ccccc2Cl)cs1. The number of benzene rings is 1. The Morgan fingerprint density at radius 3 is 2.73 bits per heavy atom. The molecule has 0 radical (unpaired) electrons. The van der Waals surface area contributed by atoms with E-state index >= 15 is 0 Å². The Balaban J connectivity index is 1.49. The van der Waals surface area contributed by atoms with Gasteiger partial charge in [-0.05, 0) is 55.4 Å². The molecule has 26 heavy (non-hydrogen) atoms. The van der Waals surface area contributed by atoms with Gasteiger partial charge in [-0.2, -0.15) is 0 Å². The fourth-order valence-corrected chi connectivity index (χ4v) is 5.56. The van der Waals surface area contributed by atoms with Crippen molar-refractivity contribution in [3.8, 4) is 11.1 Å². The van der Waals surface area contributed by atoms with Crippen LogP contribution >= 0.6 is 22.9 Å². The molecule has 5 heteroatoms. The predicted octanol–water partition coefficient (Wildman–Crippen LogP) is 5.07. The van der Waals surface area contributed by atoms with E-state index in [1.807, 2.05) is 30.1 Å². The summed E-state index contributed by atoms with van der Waals surface area (Å²) < 4.78 is 0. The first-order valence-corrected chi connectivity index (χ1v) is 10.7. The standard InChI is InChI=1S/C21H25ClN2OS/c1-23-19(11-15(21(23)25)13-24-9-5-2-6-10-24)20-12-16(14-26-20)17-7-3-4-8-18(17)22/h3-4,7-8,12,14-15,19H,2,5-6,9-11,13H2,1H3. The van der Waals surface area contributed by atoms with Gasteiger partial charge in [-0.1, -0.05) is 36.2 Å². The van der Waals surface area contributed by atoms with Crippen LogP contribution in [0.1, 0.15) is 36.6 Å². The van der Waals surface area contributed by atoms with Gasteiger partial charge in [0, 0.05) is 29.1 Å². The van der Waals surface area contributed by atoms with Crippen LogP contribution < -0.4 is 0 Å². The van der Waals surface area contributed by atoms with E-state index in [4.69, 9.17) is 11.6 Å². The average molecular weight is 389 g/mol. The summed E-state index contributed by atoms with van der Waals surface area (Å²) in [6.45, 7) is 3.21. The number of piperidine rings is 1. The molecular weight excluding hydrogens is 364 g/mol. The molecule has 2 fully saturated rings. The Hall–Kier alpha value is -1.36. The van der Waals surface area contributed by atoms with E-state index in [1.165, 1.54) is 24.1 Å². The first kappa shape index (κ1) is 18.0. The molecular formula is C21H25ClN2OS. The van der Waals surface area contributed by atoms with Crippen LogP contribution in [0.25, 0.3) is 11.1 Å². The van der Waals surface area contributed by atoms with Gasteiger partial charge in [0.05, 0.1) is 12.0 Å². The number of likely N-dealkylation sites (tertiary alicyclic amines) is 2. The molecule has 0 aliphatic carbocycles. The Morgan fingerprint density at radius 2 is 1.96 bits per heavy atom. The molecule has 138 valence electrons. The monoisotopic (exact) mass is 388 g/mol. The van der Waals surface area contributed by atoms with Crippen LogP contribution in [0.3, 0.4) is 0 Å². The second-order valence-corrected chi connectivity index (χ2v) is 8.83. The van der Waals surface area contributed by atoms with E-state index in [9.17, 15) is 4.79 Å². The topological polar surface area (TPSA) is 23.6 Å². The number of rotatable bonds is 4. The van der Waals surface area contributed by atoms with E-state index in [2.05, 4.69) is 22.4 Å². The number of thiophene rings is 1. The van der Waals surface area contributed by atoms with Gasteiger partial charge < -0.3 is 9.80 Å². The highest BCUT2D eigenvalue weighted by atomic mass is 35.5. The molecule has 3 heterocycles. The number of carbonyl (C=O) groups is 1. The third-order valence-electron chi connectivity index (χ3n) is 5.73. The molecule has 0 bridgehead atoms. The van der Waals surface area contributed by atoms with E-state index in [-0.39, 0.29) is 12.0 Å². The zero-order chi connectivity index (χ0) is 18.1. The van der Waals surface area contributed by atoms with E-state index < -0.39 is 0 Å². The summed E-state index contributed by atoms with van der Waals surface area (Å²) in [5, 5.41) is 2.93. The number of hydrogen-bond acceptors (Lipinski definition) is 3. The van der Waals surface area contributed by atoms with Crippen molar-refractivity contribution in [1.82, 2.24) is 9.80 Å². The Kier molecular flexibility index (Phi) is 5.35. The van der Waals surface area contributed by atoms with Crippen molar-refractivity contribution >= 4 is 28.8 Å². The third kappa shape index (κ3) is 3.55. The van der Waals surface area contributed by atoms with Gasteiger partial charge in [0.25, 0.3) is 0 Å². The van der Waals surface area contributed by atoms with Gasteiger partial charge in [-0.15, -0.1) is 11.3 Å². The summed E-state index contributed by atoms with van der Waals surface area (Å²) in [6.07, 6.45) is 4.80. The van der Waals surface area contributed by atoms with Gasteiger partial charge in [-0.25, -0.2) is 0 Å². The van der Waals surface area contributed by atoms with Crippen LogP contribution in [0, 0.1) is 5.92 Å². The lowest BCUT2D eigenvalue weighted by molar-refractivity contribution is -0.131. The third-order valence-corrected chi connectivity index (χ3v) is 7.10. The number of carbonyl (C=O) groups excluding carboxylic acids is 1. The molecule has 0 N–H and O–H groups in total. The van der Waals surface area contributed by atoms with Crippen molar-refractivity contribution in [3.63, 3.8) is 0 Å². The van der Waals surface area contributed by atoms with Crippen LogP contribution in [-0.4, -0.2) is 42.4 Å². The molecule has 2 aromatic rings. The van der Waals surface area contributed by atoms with Crippen LogP contribution in [0.5, 0.6) is 0 Å². The fraction of sp³-hybridized carbons (Fsp3) is 0.476. The molecule has 2 aliphatic heterocycles. The van der Waals surface area contributed by atoms with Crippen molar-refractivity contribution in [2.45, 2.75) is 31.7 Å². The summed E-state index contributed by atoms with van der Waals surface area (Å²) in [6, 6.07) is 10.3. The lowest BCUT2D eigenvalue weighted by Gasteiger charge is -2.28. The summed E-state index contributed by atoms with van der Waals surface area (Å²) in [5.74, 6) is 0.433. The molecule has 1 aromatic heterocycles. The first-order chi connectivity index (χ1) is 12.6. The summed E-state index contributed by atoms with van der Waals surface area (Å²) >= 11 is 8.08. The quantitative estimate of drug-likeness (QED) is 0.729. The maximum absolute atomic E-state index is 12.8. The Bertz CT molecular complexity index is 784. The van der Waals surface area contributed by atoms with Gasteiger partial charge >= 0.3 is 0 Å². The second kappa shape index (κ2) is 7.71. The van der Waals surface area contributed by atoms with E-state index in [0.717, 1.165) is 42.2 Å². The number of nitrogens with zero attached hydrogens (tertiary/aromatic N) is 2. The number of halogens is 1. The van der Waals surface area contributed by atoms with Crippen LogP contribution in [0.4, 0.5) is 0 Å². The molecule has 4 rings (SSSR count). The fourth-order valence-electron chi connectivity index (χ4n) is 4.25. The van der Waals surface area contributed by atoms with Crippen molar-refractivity contribution in [2.24, 2.45) is 5.92 Å². The van der Waals surface area contributed by atoms with Gasteiger partial charge in [0.15, 0.2) is 0 Å². The Morgan fingerprint density at radius 1 is 1.19 bits per heavy atom. The highest BCUT2D eigenvalue weighted by Crippen LogP contribution is 2.41. The van der Waals surface area contributed by atoms with Gasteiger partial charge in [0.2, 0.25) is 5.91 Å². The van der Waals surface area contributed by atoms with Crippen molar-refractivity contribution in [1.29, 1.82) is 0 Å². The van der Waals surface area contributed by atoms with E-state index in [0.29, 0.717) is 5.91 Å². The molecule has 2 aliphatic rings. The van der Waals surface area contributed by atoms with Crippen LogP contribution in [0.2, 0.25) is 5.02 Å². The molecule has 0 saturated carbocycles. The number of amides is 1.